The normalized spacial score (nSPS) is 10.8. The third-order valence-electron chi connectivity index (χ3n) is 3.16. The van der Waals surface area contributed by atoms with Crippen molar-refractivity contribution < 1.29 is 0 Å². The molecule has 2 N–H and O–H groups in total. The topological polar surface area (TPSA) is 43.8 Å². The highest BCUT2D eigenvalue weighted by molar-refractivity contribution is 5.67. The zero-order chi connectivity index (χ0) is 12.4. The number of aryl methyl sites for hydroxylation is 2. The third-order valence-corrected chi connectivity index (χ3v) is 3.16. The Balaban J connectivity index is 2.56. The van der Waals surface area contributed by atoms with E-state index >= 15 is 0 Å². The van der Waals surface area contributed by atoms with E-state index in [1.165, 1.54) is 22.4 Å². The van der Waals surface area contributed by atoms with Crippen molar-refractivity contribution in [2.24, 2.45) is 12.8 Å². The number of benzene rings is 1. The van der Waals surface area contributed by atoms with Crippen LogP contribution in [-0.4, -0.2) is 16.3 Å². The van der Waals surface area contributed by atoms with Crippen molar-refractivity contribution in [3.63, 3.8) is 0 Å². The Morgan fingerprint density at radius 3 is 2.59 bits per heavy atom. The van der Waals surface area contributed by atoms with Crippen molar-refractivity contribution in [2.75, 3.05) is 6.54 Å². The summed E-state index contributed by atoms with van der Waals surface area (Å²) in [5.41, 5.74) is 11.7. The molecule has 17 heavy (non-hydrogen) atoms. The summed E-state index contributed by atoms with van der Waals surface area (Å²) in [4.78, 5) is 0. The summed E-state index contributed by atoms with van der Waals surface area (Å²) in [6.07, 6.45) is 0.839. The molecule has 0 aliphatic heterocycles. The molecule has 2 rings (SSSR count). The molecule has 0 bridgehead atoms. The van der Waals surface area contributed by atoms with Crippen LogP contribution in [0.1, 0.15) is 16.8 Å². The van der Waals surface area contributed by atoms with Crippen LogP contribution in [0.4, 0.5) is 0 Å². The Labute approximate surface area is 102 Å². The van der Waals surface area contributed by atoms with Gasteiger partial charge in [-0.3, -0.25) is 4.68 Å². The van der Waals surface area contributed by atoms with E-state index in [1.54, 1.807) is 0 Å². The van der Waals surface area contributed by atoms with Gasteiger partial charge in [0.2, 0.25) is 0 Å². The lowest BCUT2D eigenvalue weighted by Crippen LogP contribution is -2.04. The van der Waals surface area contributed by atoms with E-state index < -0.39 is 0 Å². The van der Waals surface area contributed by atoms with Gasteiger partial charge in [0.05, 0.1) is 11.4 Å². The van der Waals surface area contributed by atoms with Gasteiger partial charge in [0.15, 0.2) is 0 Å². The first kappa shape index (κ1) is 11.9. The number of nitrogens with two attached hydrogens (primary N) is 1. The molecule has 0 saturated heterocycles. The van der Waals surface area contributed by atoms with E-state index in [1.807, 2.05) is 11.7 Å². The molecule has 0 spiro atoms. The standard InChI is InChI=1S/C14H19N3/c1-10-6-4-5-7-12(10)14-11(2)13(8-9-15)16-17(14)3/h4-7H,8-9,15H2,1-3H3. The van der Waals surface area contributed by atoms with Crippen LogP contribution in [0, 0.1) is 13.8 Å². The van der Waals surface area contributed by atoms with Crippen molar-refractivity contribution in [1.29, 1.82) is 0 Å². The van der Waals surface area contributed by atoms with Crippen LogP contribution < -0.4 is 5.73 Å². The molecule has 3 heteroatoms. The van der Waals surface area contributed by atoms with Crippen molar-refractivity contribution in [1.82, 2.24) is 9.78 Å². The van der Waals surface area contributed by atoms with Gasteiger partial charge in [0, 0.05) is 19.0 Å². The van der Waals surface area contributed by atoms with Gasteiger partial charge in [-0.05, 0) is 31.5 Å². The molecular formula is C14H19N3. The summed E-state index contributed by atoms with van der Waals surface area (Å²) in [5, 5.41) is 4.55. The summed E-state index contributed by atoms with van der Waals surface area (Å²) in [7, 11) is 1.99. The molecule has 1 aromatic heterocycles. The first-order chi connectivity index (χ1) is 8.15. The van der Waals surface area contributed by atoms with E-state index in [9.17, 15) is 0 Å². The maximum atomic E-state index is 5.61. The van der Waals surface area contributed by atoms with Gasteiger partial charge in [-0.2, -0.15) is 5.10 Å². The highest BCUT2D eigenvalue weighted by Gasteiger charge is 2.14. The maximum Gasteiger partial charge on any atom is 0.0713 e. The van der Waals surface area contributed by atoms with Crippen LogP contribution in [0.2, 0.25) is 0 Å². The van der Waals surface area contributed by atoms with E-state index in [2.05, 4.69) is 43.2 Å². The van der Waals surface area contributed by atoms with E-state index in [4.69, 9.17) is 5.73 Å². The molecule has 0 saturated carbocycles. The third kappa shape index (κ3) is 2.11. The molecule has 1 heterocycles. The van der Waals surface area contributed by atoms with Crippen LogP contribution in [0.5, 0.6) is 0 Å². The van der Waals surface area contributed by atoms with E-state index in [0.717, 1.165) is 12.1 Å². The predicted molar refractivity (Wildman–Crippen MR) is 70.9 cm³/mol. The fraction of sp³-hybridized carbons (Fsp3) is 0.357. The molecule has 0 fully saturated rings. The predicted octanol–water partition coefficient (Wildman–Crippen LogP) is 2.21. The van der Waals surface area contributed by atoms with E-state index in [-0.39, 0.29) is 0 Å². The van der Waals surface area contributed by atoms with Crippen molar-refractivity contribution >= 4 is 0 Å². The summed E-state index contributed by atoms with van der Waals surface area (Å²) < 4.78 is 1.96. The molecule has 2 aromatic rings. The summed E-state index contributed by atoms with van der Waals surface area (Å²) in [6, 6.07) is 8.40. The van der Waals surface area contributed by atoms with Crippen LogP contribution in [-0.2, 0) is 13.5 Å². The van der Waals surface area contributed by atoms with Gasteiger partial charge in [0.1, 0.15) is 0 Å². The molecule has 0 radical (unpaired) electrons. The average Bonchev–Trinajstić information content (AvgIpc) is 2.57. The van der Waals surface area contributed by atoms with Gasteiger partial charge in [0.25, 0.3) is 0 Å². The Morgan fingerprint density at radius 2 is 1.94 bits per heavy atom. The second-order valence-corrected chi connectivity index (χ2v) is 4.40. The molecule has 0 aliphatic rings. The fourth-order valence-electron chi connectivity index (χ4n) is 2.27. The molecule has 3 nitrogen and oxygen atoms in total. The van der Waals surface area contributed by atoms with Crippen LogP contribution in [0.25, 0.3) is 11.3 Å². The molecule has 0 atom stereocenters. The van der Waals surface area contributed by atoms with Crippen LogP contribution in [0.3, 0.4) is 0 Å². The number of nitrogens with zero attached hydrogens (tertiary/aromatic N) is 2. The van der Waals surface area contributed by atoms with E-state index in [0.29, 0.717) is 6.54 Å². The second-order valence-electron chi connectivity index (χ2n) is 4.40. The first-order valence-electron chi connectivity index (χ1n) is 5.93. The Bertz CT molecular complexity index is 526. The molecule has 90 valence electrons. The molecule has 0 amide bonds. The van der Waals surface area contributed by atoms with Crippen molar-refractivity contribution in [3.05, 3.63) is 41.1 Å². The lowest BCUT2D eigenvalue weighted by Gasteiger charge is -2.07. The SMILES string of the molecule is Cc1ccccc1-c1c(C)c(CCN)nn1C. The number of hydrogen-bond acceptors (Lipinski definition) is 2. The quantitative estimate of drug-likeness (QED) is 0.877. The minimum atomic E-state index is 0.644. The van der Waals surface area contributed by atoms with Gasteiger partial charge in [-0.1, -0.05) is 24.3 Å². The van der Waals surface area contributed by atoms with Crippen molar-refractivity contribution in [3.8, 4) is 11.3 Å². The summed E-state index contributed by atoms with van der Waals surface area (Å²) in [5.74, 6) is 0. The van der Waals surface area contributed by atoms with Crippen LogP contribution >= 0.6 is 0 Å². The Hall–Kier alpha value is -1.61. The number of aromatic nitrogens is 2. The molecule has 0 aliphatic carbocycles. The minimum Gasteiger partial charge on any atom is -0.330 e. The molecule has 1 aromatic carbocycles. The first-order valence-corrected chi connectivity index (χ1v) is 5.93. The smallest absolute Gasteiger partial charge is 0.0713 e. The van der Waals surface area contributed by atoms with Crippen molar-refractivity contribution in [2.45, 2.75) is 20.3 Å². The number of hydrogen-bond donors (Lipinski definition) is 1. The summed E-state index contributed by atoms with van der Waals surface area (Å²) >= 11 is 0. The highest BCUT2D eigenvalue weighted by Crippen LogP contribution is 2.27. The molecule has 0 unspecified atom stereocenters. The monoisotopic (exact) mass is 229 g/mol. The van der Waals surface area contributed by atoms with Gasteiger partial charge >= 0.3 is 0 Å². The van der Waals surface area contributed by atoms with Crippen LogP contribution in [0.15, 0.2) is 24.3 Å². The van der Waals surface area contributed by atoms with Gasteiger partial charge in [-0.15, -0.1) is 0 Å². The number of rotatable bonds is 3. The average molecular weight is 229 g/mol. The maximum absolute atomic E-state index is 5.61. The summed E-state index contributed by atoms with van der Waals surface area (Å²) in [6.45, 7) is 4.90. The zero-order valence-electron chi connectivity index (χ0n) is 10.7. The molecular weight excluding hydrogens is 210 g/mol. The minimum absolute atomic E-state index is 0.644. The van der Waals surface area contributed by atoms with Gasteiger partial charge < -0.3 is 5.73 Å². The zero-order valence-corrected chi connectivity index (χ0v) is 10.7. The Kier molecular flexibility index (Phi) is 3.29. The Morgan fingerprint density at radius 1 is 1.24 bits per heavy atom. The second kappa shape index (κ2) is 4.72. The largest absolute Gasteiger partial charge is 0.330 e. The van der Waals surface area contributed by atoms with Gasteiger partial charge in [-0.25, -0.2) is 0 Å². The highest BCUT2D eigenvalue weighted by atomic mass is 15.3. The lowest BCUT2D eigenvalue weighted by molar-refractivity contribution is 0.745. The lowest BCUT2D eigenvalue weighted by atomic mass is 10.0. The fourth-order valence-corrected chi connectivity index (χ4v) is 2.27.